The SMILES string of the molecule is CCN(C(=O)CC(=O)Nc1ccccc1OC(C)C)C1CCS(=O)(=O)C1. The molecule has 2 rings (SSSR count). The Morgan fingerprint density at radius 1 is 1.31 bits per heavy atom. The third-order valence-corrected chi connectivity index (χ3v) is 5.90. The van der Waals surface area contributed by atoms with Gasteiger partial charge in [-0.1, -0.05) is 12.1 Å². The molecule has 1 saturated heterocycles. The van der Waals surface area contributed by atoms with E-state index in [0.717, 1.165) is 0 Å². The highest BCUT2D eigenvalue weighted by Crippen LogP contribution is 2.25. The average Bonchev–Trinajstić information content (AvgIpc) is 2.89. The van der Waals surface area contributed by atoms with E-state index in [-0.39, 0.29) is 36.0 Å². The average molecular weight is 382 g/mol. The van der Waals surface area contributed by atoms with Gasteiger partial charge in [0.2, 0.25) is 11.8 Å². The standard InChI is InChI=1S/C18H26N2O5S/c1-4-20(14-9-10-26(23,24)12-14)18(22)11-17(21)19-15-7-5-6-8-16(15)25-13(2)3/h5-8,13-14H,4,9-12H2,1-3H3,(H,19,21). The van der Waals surface area contributed by atoms with Crippen LogP contribution in [-0.2, 0) is 19.4 Å². The first kappa shape index (κ1) is 20.2. The Labute approximate surface area is 154 Å². The lowest BCUT2D eigenvalue weighted by Gasteiger charge is -2.26. The van der Waals surface area contributed by atoms with Crippen LogP contribution in [0.25, 0.3) is 0 Å². The van der Waals surface area contributed by atoms with Gasteiger partial charge in [-0.25, -0.2) is 8.42 Å². The van der Waals surface area contributed by atoms with Gasteiger partial charge < -0.3 is 15.0 Å². The second-order valence-corrected chi connectivity index (χ2v) is 8.85. The van der Waals surface area contributed by atoms with Gasteiger partial charge in [-0.15, -0.1) is 0 Å². The second kappa shape index (κ2) is 8.53. The zero-order valence-corrected chi connectivity index (χ0v) is 16.2. The minimum Gasteiger partial charge on any atom is -0.489 e. The summed E-state index contributed by atoms with van der Waals surface area (Å²) in [6, 6.07) is 6.69. The molecule has 1 heterocycles. The van der Waals surface area contributed by atoms with Crippen molar-refractivity contribution < 1.29 is 22.7 Å². The quantitative estimate of drug-likeness (QED) is 0.727. The minimum atomic E-state index is -3.09. The summed E-state index contributed by atoms with van der Waals surface area (Å²) < 4.78 is 28.9. The van der Waals surface area contributed by atoms with E-state index in [2.05, 4.69) is 5.32 Å². The van der Waals surface area contributed by atoms with Crippen LogP contribution in [0.4, 0.5) is 5.69 Å². The topological polar surface area (TPSA) is 92.8 Å². The van der Waals surface area contributed by atoms with E-state index >= 15 is 0 Å². The summed E-state index contributed by atoms with van der Waals surface area (Å²) in [5.41, 5.74) is 0.505. The molecule has 1 aromatic rings. The Hall–Kier alpha value is -2.09. The largest absolute Gasteiger partial charge is 0.489 e. The van der Waals surface area contributed by atoms with Crippen molar-refractivity contribution >= 4 is 27.3 Å². The Morgan fingerprint density at radius 2 is 2.00 bits per heavy atom. The molecular weight excluding hydrogens is 356 g/mol. The summed E-state index contributed by atoms with van der Waals surface area (Å²) in [5, 5.41) is 2.70. The second-order valence-electron chi connectivity index (χ2n) is 6.62. The summed E-state index contributed by atoms with van der Waals surface area (Å²) in [6.07, 6.45) is 0.0456. The fraction of sp³-hybridized carbons (Fsp3) is 0.556. The molecule has 0 spiro atoms. The summed E-state index contributed by atoms with van der Waals surface area (Å²) in [7, 11) is -3.09. The Balaban J connectivity index is 2.00. The molecule has 0 aromatic heterocycles. The first-order chi connectivity index (χ1) is 12.2. The number of anilines is 1. The molecule has 0 saturated carbocycles. The predicted molar refractivity (Wildman–Crippen MR) is 99.9 cm³/mol. The monoisotopic (exact) mass is 382 g/mol. The molecule has 0 radical (unpaired) electrons. The number of rotatable bonds is 7. The molecule has 0 bridgehead atoms. The number of ether oxygens (including phenoxy) is 1. The van der Waals surface area contributed by atoms with E-state index in [9.17, 15) is 18.0 Å². The van der Waals surface area contributed by atoms with Gasteiger partial charge in [0.25, 0.3) is 0 Å². The zero-order valence-electron chi connectivity index (χ0n) is 15.4. The molecule has 1 aromatic carbocycles. The number of carbonyl (C=O) groups excluding carboxylic acids is 2. The van der Waals surface area contributed by atoms with Crippen molar-refractivity contribution in [1.29, 1.82) is 0 Å². The predicted octanol–water partition coefficient (Wildman–Crippen LogP) is 1.84. The van der Waals surface area contributed by atoms with E-state index in [0.29, 0.717) is 24.4 Å². The third kappa shape index (κ3) is 5.45. The Kier molecular flexibility index (Phi) is 6.63. The van der Waals surface area contributed by atoms with Gasteiger partial charge in [0.15, 0.2) is 9.84 Å². The summed E-state index contributed by atoms with van der Waals surface area (Å²) in [4.78, 5) is 26.3. The molecule has 1 unspecified atom stereocenters. The van der Waals surface area contributed by atoms with E-state index in [4.69, 9.17) is 4.74 Å². The van der Waals surface area contributed by atoms with Crippen LogP contribution >= 0.6 is 0 Å². The molecule has 7 nitrogen and oxygen atoms in total. The maximum atomic E-state index is 12.5. The molecule has 26 heavy (non-hydrogen) atoms. The van der Waals surface area contributed by atoms with Gasteiger partial charge in [-0.05, 0) is 39.3 Å². The molecule has 1 atom stereocenters. The fourth-order valence-electron chi connectivity index (χ4n) is 3.02. The summed E-state index contributed by atoms with van der Waals surface area (Å²) in [6.45, 7) is 5.93. The molecule has 144 valence electrons. The number of nitrogens with one attached hydrogen (secondary N) is 1. The summed E-state index contributed by atoms with van der Waals surface area (Å²) >= 11 is 0. The summed E-state index contributed by atoms with van der Waals surface area (Å²) in [5.74, 6) is -0.215. The van der Waals surface area contributed by atoms with Crippen LogP contribution in [0.1, 0.15) is 33.6 Å². The smallest absolute Gasteiger partial charge is 0.233 e. The lowest BCUT2D eigenvalue weighted by atomic mass is 10.2. The Morgan fingerprint density at radius 3 is 2.58 bits per heavy atom. The third-order valence-electron chi connectivity index (χ3n) is 4.15. The lowest BCUT2D eigenvalue weighted by molar-refractivity contribution is -0.135. The molecule has 1 N–H and O–H groups in total. The first-order valence-corrected chi connectivity index (χ1v) is 10.6. The van der Waals surface area contributed by atoms with E-state index < -0.39 is 15.7 Å². The van der Waals surface area contributed by atoms with Gasteiger partial charge in [-0.3, -0.25) is 9.59 Å². The van der Waals surface area contributed by atoms with Crippen LogP contribution in [-0.4, -0.2) is 55.3 Å². The van der Waals surface area contributed by atoms with Gasteiger partial charge >= 0.3 is 0 Å². The number of sulfone groups is 1. The fourth-order valence-corrected chi connectivity index (χ4v) is 4.75. The van der Waals surface area contributed by atoms with Crippen LogP contribution in [0.2, 0.25) is 0 Å². The number of carbonyl (C=O) groups is 2. The van der Waals surface area contributed by atoms with Gasteiger partial charge in [-0.2, -0.15) is 0 Å². The normalized spacial score (nSPS) is 18.5. The van der Waals surface area contributed by atoms with Gasteiger partial charge in [0.05, 0.1) is 23.3 Å². The number of hydrogen-bond acceptors (Lipinski definition) is 5. The molecule has 1 fully saturated rings. The first-order valence-electron chi connectivity index (χ1n) is 8.77. The van der Waals surface area contributed by atoms with Crippen molar-refractivity contribution in [2.75, 3.05) is 23.4 Å². The van der Waals surface area contributed by atoms with Crippen LogP contribution in [0.3, 0.4) is 0 Å². The Bertz CT molecular complexity index is 761. The van der Waals surface area contributed by atoms with Gasteiger partial charge in [0.1, 0.15) is 12.2 Å². The lowest BCUT2D eigenvalue weighted by Crippen LogP contribution is -2.42. The highest BCUT2D eigenvalue weighted by molar-refractivity contribution is 7.91. The number of nitrogens with zero attached hydrogens (tertiary/aromatic N) is 1. The number of amides is 2. The zero-order chi connectivity index (χ0) is 19.3. The van der Waals surface area contributed by atoms with Crippen molar-refractivity contribution in [3.8, 4) is 5.75 Å². The van der Waals surface area contributed by atoms with Crippen molar-refractivity contribution in [3.63, 3.8) is 0 Å². The maximum absolute atomic E-state index is 12.5. The van der Waals surface area contributed by atoms with Gasteiger partial charge in [0, 0.05) is 12.6 Å². The number of para-hydroxylation sites is 2. The molecule has 0 aliphatic carbocycles. The highest BCUT2D eigenvalue weighted by atomic mass is 32.2. The number of hydrogen-bond donors (Lipinski definition) is 1. The molecule has 1 aliphatic rings. The van der Waals surface area contributed by atoms with Crippen molar-refractivity contribution in [2.24, 2.45) is 0 Å². The van der Waals surface area contributed by atoms with Crippen LogP contribution in [0.15, 0.2) is 24.3 Å². The molecular formula is C18H26N2O5S. The van der Waals surface area contributed by atoms with E-state index in [1.165, 1.54) is 4.90 Å². The molecule has 8 heteroatoms. The number of benzene rings is 1. The van der Waals surface area contributed by atoms with Crippen molar-refractivity contribution in [1.82, 2.24) is 4.90 Å². The van der Waals surface area contributed by atoms with E-state index in [1.807, 2.05) is 13.8 Å². The van der Waals surface area contributed by atoms with Crippen LogP contribution in [0.5, 0.6) is 5.75 Å². The maximum Gasteiger partial charge on any atom is 0.233 e. The van der Waals surface area contributed by atoms with Crippen LogP contribution in [0, 0.1) is 0 Å². The van der Waals surface area contributed by atoms with Crippen LogP contribution < -0.4 is 10.1 Å². The van der Waals surface area contributed by atoms with Crippen molar-refractivity contribution in [2.45, 2.75) is 45.8 Å². The molecule has 2 amide bonds. The minimum absolute atomic E-state index is 0.0285. The van der Waals surface area contributed by atoms with Crippen molar-refractivity contribution in [3.05, 3.63) is 24.3 Å². The highest BCUT2D eigenvalue weighted by Gasteiger charge is 2.34. The molecule has 1 aliphatic heterocycles. The van der Waals surface area contributed by atoms with E-state index in [1.54, 1.807) is 31.2 Å².